The molecule has 1 aliphatic rings. The summed E-state index contributed by atoms with van der Waals surface area (Å²) in [4.78, 5) is 22.3. The van der Waals surface area contributed by atoms with Crippen molar-refractivity contribution in [3.8, 4) is 0 Å². The predicted octanol–water partition coefficient (Wildman–Crippen LogP) is 3.71. The molecule has 5 heteroatoms. The van der Waals surface area contributed by atoms with Crippen LogP contribution in [0.3, 0.4) is 0 Å². The van der Waals surface area contributed by atoms with E-state index in [2.05, 4.69) is 39.1 Å². The summed E-state index contributed by atoms with van der Waals surface area (Å²) in [5, 5.41) is 10.3. The molecule has 2 aromatic heterocycles. The zero-order valence-electron chi connectivity index (χ0n) is 14.7. The van der Waals surface area contributed by atoms with Crippen LogP contribution >= 0.6 is 0 Å². The van der Waals surface area contributed by atoms with Gasteiger partial charge in [0.15, 0.2) is 0 Å². The number of aryl methyl sites for hydroxylation is 1. The number of hydrogen-bond donors (Lipinski definition) is 1. The Kier molecular flexibility index (Phi) is 4.29. The van der Waals surface area contributed by atoms with Crippen molar-refractivity contribution in [1.29, 1.82) is 0 Å². The molecule has 132 valence electrons. The molecule has 0 radical (unpaired) electrons. The van der Waals surface area contributed by atoms with Crippen molar-refractivity contribution in [3.05, 3.63) is 65.6 Å². The van der Waals surface area contributed by atoms with E-state index in [1.165, 1.54) is 17.3 Å². The van der Waals surface area contributed by atoms with Crippen LogP contribution in [0.4, 0.5) is 5.69 Å². The van der Waals surface area contributed by atoms with E-state index >= 15 is 0 Å². The van der Waals surface area contributed by atoms with E-state index in [0.29, 0.717) is 5.92 Å². The Morgan fingerprint density at radius 3 is 2.96 bits per heavy atom. The quantitative estimate of drug-likeness (QED) is 0.779. The highest BCUT2D eigenvalue weighted by atomic mass is 16.4. The lowest BCUT2D eigenvalue weighted by molar-refractivity contribution is 0.0696. The minimum atomic E-state index is -0.925. The second-order valence-corrected chi connectivity index (χ2v) is 6.99. The lowest BCUT2D eigenvalue weighted by Gasteiger charge is -2.21. The van der Waals surface area contributed by atoms with Gasteiger partial charge in [0.25, 0.3) is 0 Å². The lowest BCUT2D eigenvalue weighted by atomic mass is 9.99. The van der Waals surface area contributed by atoms with Gasteiger partial charge in [0.05, 0.1) is 11.1 Å². The minimum absolute atomic E-state index is 0.258. The van der Waals surface area contributed by atoms with Crippen LogP contribution in [-0.4, -0.2) is 34.1 Å². The van der Waals surface area contributed by atoms with Gasteiger partial charge in [-0.25, -0.2) is 4.79 Å². The van der Waals surface area contributed by atoms with Crippen LogP contribution in [0, 0.1) is 12.8 Å². The van der Waals surface area contributed by atoms with E-state index in [1.54, 1.807) is 12.3 Å². The molecule has 0 amide bonds. The van der Waals surface area contributed by atoms with Crippen molar-refractivity contribution in [1.82, 2.24) is 9.97 Å². The third-order valence-corrected chi connectivity index (χ3v) is 5.02. The molecule has 1 fully saturated rings. The fourth-order valence-electron chi connectivity index (χ4n) is 3.81. The number of carboxylic acid groups (broad SMARTS) is 1. The van der Waals surface area contributed by atoms with Gasteiger partial charge >= 0.3 is 5.97 Å². The number of aromatic carboxylic acids is 1. The van der Waals surface area contributed by atoms with Gasteiger partial charge in [-0.1, -0.05) is 18.2 Å². The minimum Gasteiger partial charge on any atom is -0.478 e. The first-order valence-corrected chi connectivity index (χ1v) is 8.89. The summed E-state index contributed by atoms with van der Waals surface area (Å²) in [6, 6.07) is 12.2. The summed E-state index contributed by atoms with van der Waals surface area (Å²) in [5.74, 6) is -0.431. The number of carbonyl (C=O) groups is 1. The molecule has 0 saturated carbocycles. The summed E-state index contributed by atoms with van der Waals surface area (Å²) >= 11 is 0. The molecule has 3 aromatic rings. The Balaban J connectivity index is 1.54. The van der Waals surface area contributed by atoms with Crippen molar-refractivity contribution in [2.24, 2.45) is 5.92 Å². The van der Waals surface area contributed by atoms with E-state index in [1.807, 2.05) is 13.0 Å². The third kappa shape index (κ3) is 3.25. The number of fused-ring (bicyclic) bond motifs is 1. The second kappa shape index (κ2) is 6.75. The fourth-order valence-corrected chi connectivity index (χ4v) is 3.81. The summed E-state index contributed by atoms with van der Waals surface area (Å²) in [6.45, 7) is 4.00. The molecule has 0 bridgehead atoms. The van der Waals surface area contributed by atoms with Crippen molar-refractivity contribution in [3.63, 3.8) is 0 Å². The molecule has 1 aromatic carbocycles. The Morgan fingerprint density at radius 1 is 1.27 bits per heavy atom. The summed E-state index contributed by atoms with van der Waals surface area (Å²) in [6.07, 6.45) is 5.12. The van der Waals surface area contributed by atoms with Gasteiger partial charge in [-0.2, -0.15) is 0 Å². The molecule has 4 rings (SSSR count). The SMILES string of the molecule is Cc1cc(N2CCC(Cc3cncc(C(=O)O)c3)C2)c2ccccc2n1. The predicted molar refractivity (Wildman–Crippen MR) is 102 cm³/mol. The van der Waals surface area contributed by atoms with Crippen molar-refractivity contribution in [2.45, 2.75) is 19.8 Å². The number of aromatic nitrogens is 2. The van der Waals surface area contributed by atoms with E-state index in [-0.39, 0.29) is 5.56 Å². The van der Waals surface area contributed by atoms with Gasteiger partial charge in [-0.05, 0) is 49.4 Å². The molecule has 1 saturated heterocycles. The van der Waals surface area contributed by atoms with Crippen LogP contribution in [0.5, 0.6) is 0 Å². The smallest absolute Gasteiger partial charge is 0.337 e. The number of anilines is 1. The topological polar surface area (TPSA) is 66.3 Å². The third-order valence-electron chi connectivity index (χ3n) is 5.02. The highest BCUT2D eigenvalue weighted by Crippen LogP contribution is 2.32. The molecule has 0 aliphatic carbocycles. The average Bonchev–Trinajstić information content (AvgIpc) is 3.09. The summed E-state index contributed by atoms with van der Waals surface area (Å²) < 4.78 is 0. The molecule has 1 N–H and O–H groups in total. The Hall–Kier alpha value is -2.95. The molecular weight excluding hydrogens is 326 g/mol. The Labute approximate surface area is 152 Å². The van der Waals surface area contributed by atoms with Crippen LogP contribution < -0.4 is 4.90 Å². The molecule has 1 atom stereocenters. The van der Waals surface area contributed by atoms with Crippen LogP contribution in [0.1, 0.15) is 28.0 Å². The van der Waals surface area contributed by atoms with Crippen LogP contribution in [0.15, 0.2) is 48.8 Å². The zero-order valence-corrected chi connectivity index (χ0v) is 14.7. The Morgan fingerprint density at radius 2 is 2.12 bits per heavy atom. The van der Waals surface area contributed by atoms with Crippen LogP contribution in [-0.2, 0) is 6.42 Å². The van der Waals surface area contributed by atoms with E-state index < -0.39 is 5.97 Å². The van der Waals surface area contributed by atoms with E-state index in [9.17, 15) is 4.79 Å². The van der Waals surface area contributed by atoms with Gasteiger partial charge in [0.1, 0.15) is 0 Å². The number of para-hydroxylation sites is 1. The number of nitrogens with zero attached hydrogens (tertiary/aromatic N) is 3. The fraction of sp³-hybridized carbons (Fsp3) is 0.286. The standard InChI is InChI=1S/C21H21N3O2/c1-14-8-20(18-4-2-3-5-19(18)23-14)24-7-6-15(13-24)9-16-10-17(21(25)26)12-22-11-16/h2-5,8,10-12,15H,6-7,9,13H2,1H3,(H,25,26). The van der Waals surface area contributed by atoms with Crippen molar-refractivity contribution >= 4 is 22.6 Å². The second-order valence-electron chi connectivity index (χ2n) is 6.99. The van der Waals surface area contributed by atoms with Crippen LogP contribution in [0.25, 0.3) is 10.9 Å². The number of hydrogen-bond acceptors (Lipinski definition) is 4. The number of benzene rings is 1. The number of carboxylic acids is 1. The number of pyridine rings is 2. The molecule has 3 heterocycles. The van der Waals surface area contributed by atoms with E-state index in [0.717, 1.165) is 42.7 Å². The molecular formula is C21H21N3O2. The van der Waals surface area contributed by atoms with Gasteiger partial charge in [-0.15, -0.1) is 0 Å². The first kappa shape index (κ1) is 16.5. The zero-order chi connectivity index (χ0) is 18.1. The maximum absolute atomic E-state index is 11.1. The first-order chi connectivity index (χ1) is 12.6. The first-order valence-electron chi connectivity index (χ1n) is 8.89. The van der Waals surface area contributed by atoms with Gasteiger partial charge < -0.3 is 10.0 Å². The normalized spacial score (nSPS) is 17.0. The molecule has 5 nitrogen and oxygen atoms in total. The molecule has 26 heavy (non-hydrogen) atoms. The average molecular weight is 347 g/mol. The van der Waals surface area contributed by atoms with E-state index in [4.69, 9.17) is 5.11 Å². The number of rotatable bonds is 4. The highest BCUT2D eigenvalue weighted by molar-refractivity contribution is 5.92. The Bertz CT molecular complexity index is 970. The summed E-state index contributed by atoms with van der Waals surface area (Å²) in [5.41, 5.74) is 4.55. The maximum atomic E-state index is 11.1. The van der Waals surface area contributed by atoms with Crippen molar-refractivity contribution < 1.29 is 9.90 Å². The van der Waals surface area contributed by atoms with Gasteiger partial charge in [0.2, 0.25) is 0 Å². The van der Waals surface area contributed by atoms with Gasteiger partial charge in [0, 0.05) is 42.3 Å². The summed E-state index contributed by atoms with van der Waals surface area (Å²) in [7, 11) is 0. The maximum Gasteiger partial charge on any atom is 0.337 e. The van der Waals surface area contributed by atoms with Gasteiger partial charge in [-0.3, -0.25) is 9.97 Å². The molecule has 1 aliphatic heterocycles. The lowest BCUT2D eigenvalue weighted by Crippen LogP contribution is -2.21. The largest absolute Gasteiger partial charge is 0.478 e. The van der Waals surface area contributed by atoms with Crippen LogP contribution in [0.2, 0.25) is 0 Å². The molecule has 1 unspecified atom stereocenters. The monoisotopic (exact) mass is 347 g/mol. The molecule has 0 spiro atoms. The van der Waals surface area contributed by atoms with Crippen molar-refractivity contribution in [2.75, 3.05) is 18.0 Å². The highest BCUT2D eigenvalue weighted by Gasteiger charge is 2.24.